The first-order valence-corrected chi connectivity index (χ1v) is 7.74. The topological polar surface area (TPSA) is 30.9 Å². The molecule has 0 amide bonds. The largest absolute Gasteiger partial charge is 0.355 e. The highest BCUT2D eigenvalue weighted by Gasteiger charge is 2.33. The van der Waals surface area contributed by atoms with E-state index in [1.54, 1.807) is 0 Å². The number of nitrogens with zero attached hydrogens (tertiary/aromatic N) is 3. The third-order valence-electron chi connectivity index (χ3n) is 5.09. The number of aliphatic imine (C=N–C) groups is 1. The van der Waals surface area contributed by atoms with Crippen molar-refractivity contribution in [3.05, 3.63) is 0 Å². The van der Waals surface area contributed by atoms with Crippen molar-refractivity contribution >= 4 is 5.96 Å². The molecule has 19 heavy (non-hydrogen) atoms. The maximum atomic E-state index is 4.47. The molecule has 0 aliphatic carbocycles. The number of nitrogens with one attached hydrogen (secondary N) is 1. The van der Waals surface area contributed by atoms with E-state index in [-0.39, 0.29) is 0 Å². The van der Waals surface area contributed by atoms with Gasteiger partial charge in [0.2, 0.25) is 0 Å². The average Bonchev–Trinajstić information content (AvgIpc) is 2.98. The molecule has 0 aromatic rings. The van der Waals surface area contributed by atoms with Gasteiger partial charge < -0.3 is 15.1 Å². The molecule has 2 rings (SSSR count). The monoisotopic (exact) mass is 266 g/mol. The first-order chi connectivity index (χ1) is 9.08. The van der Waals surface area contributed by atoms with Crippen LogP contribution in [-0.4, -0.2) is 62.1 Å². The van der Waals surface area contributed by atoms with E-state index in [0.717, 1.165) is 25.6 Å². The minimum absolute atomic E-state index is 0.474. The molecule has 2 aliphatic rings. The molecule has 4 heteroatoms. The molecule has 2 atom stereocenters. The van der Waals surface area contributed by atoms with E-state index in [4.69, 9.17) is 0 Å². The van der Waals surface area contributed by atoms with Crippen molar-refractivity contribution in [1.82, 2.24) is 15.1 Å². The normalized spacial score (nSPS) is 33.2. The molecular formula is C15H30N4. The van der Waals surface area contributed by atoms with Crippen LogP contribution < -0.4 is 5.32 Å². The van der Waals surface area contributed by atoms with Gasteiger partial charge in [-0.05, 0) is 44.7 Å². The minimum Gasteiger partial charge on any atom is -0.355 e. The molecule has 2 aliphatic heterocycles. The van der Waals surface area contributed by atoms with E-state index >= 15 is 0 Å². The van der Waals surface area contributed by atoms with Gasteiger partial charge in [0.05, 0.1) is 0 Å². The maximum absolute atomic E-state index is 4.47. The molecule has 0 spiro atoms. The first-order valence-electron chi connectivity index (χ1n) is 7.74. The summed E-state index contributed by atoms with van der Waals surface area (Å²) in [7, 11) is 4.13. The zero-order valence-corrected chi connectivity index (χ0v) is 13.1. The summed E-state index contributed by atoms with van der Waals surface area (Å²) in [6, 6.07) is 0.678. The van der Waals surface area contributed by atoms with Crippen molar-refractivity contribution < 1.29 is 0 Å². The Hall–Kier alpha value is -0.770. The summed E-state index contributed by atoms with van der Waals surface area (Å²) >= 11 is 0. The van der Waals surface area contributed by atoms with Gasteiger partial charge in [-0.25, -0.2) is 0 Å². The Kier molecular flexibility index (Phi) is 4.71. The van der Waals surface area contributed by atoms with Gasteiger partial charge in [-0.1, -0.05) is 13.8 Å². The second-order valence-corrected chi connectivity index (χ2v) is 6.54. The Labute approximate surface area is 118 Å². The van der Waals surface area contributed by atoms with Gasteiger partial charge in [-0.3, -0.25) is 4.99 Å². The third kappa shape index (κ3) is 3.41. The van der Waals surface area contributed by atoms with Crippen LogP contribution in [0.1, 0.15) is 39.5 Å². The van der Waals surface area contributed by atoms with Crippen molar-refractivity contribution in [3.63, 3.8) is 0 Å². The molecule has 0 aromatic heterocycles. The molecule has 2 heterocycles. The summed E-state index contributed by atoms with van der Waals surface area (Å²) in [4.78, 5) is 9.36. The van der Waals surface area contributed by atoms with Crippen LogP contribution in [0.4, 0.5) is 0 Å². The van der Waals surface area contributed by atoms with Crippen LogP contribution in [0.2, 0.25) is 0 Å². The molecule has 2 saturated heterocycles. The third-order valence-corrected chi connectivity index (χ3v) is 5.09. The predicted molar refractivity (Wildman–Crippen MR) is 81.6 cm³/mol. The van der Waals surface area contributed by atoms with Crippen LogP contribution in [-0.2, 0) is 0 Å². The number of hydrogen-bond acceptors (Lipinski definition) is 2. The predicted octanol–water partition coefficient (Wildman–Crippen LogP) is 1.78. The quantitative estimate of drug-likeness (QED) is 0.624. The maximum Gasteiger partial charge on any atom is 0.193 e. The highest BCUT2D eigenvalue weighted by Crippen LogP contribution is 2.32. The van der Waals surface area contributed by atoms with Crippen molar-refractivity contribution in [3.8, 4) is 0 Å². The number of hydrogen-bond donors (Lipinski definition) is 1. The Morgan fingerprint density at radius 2 is 2.21 bits per heavy atom. The van der Waals surface area contributed by atoms with E-state index in [1.165, 1.54) is 32.2 Å². The molecule has 110 valence electrons. The fourth-order valence-corrected chi connectivity index (χ4v) is 3.27. The van der Waals surface area contributed by atoms with Crippen LogP contribution in [0, 0.1) is 5.41 Å². The van der Waals surface area contributed by atoms with Crippen LogP contribution in [0.3, 0.4) is 0 Å². The van der Waals surface area contributed by atoms with Gasteiger partial charge in [0.25, 0.3) is 0 Å². The van der Waals surface area contributed by atoms with E-state index in [2.05, 4.69) is 41.0 Å². The second-order valence-electron chi connectivity index (χ2n) is 6.54. The van der Waals surface area contributed by atoms with Crippen LogP contribution >= 0.6 is 0 Å². The molecule has 4 nitrogen and oxygen atoms in total. The fraction of sp³-hybridized carbons (Fsp3) is 0.933. The summed E-state index contributed by atoms with van der Waals surface area (Å²) in [5, 5.41) is 3.58. The minimum atomic E-state index is 0.474. The molecule has 1 N–H and O–H groups in total. The highest BCUT2D eigenvalue weighted by atomic mass is 15.3. The van der Waals surface area contributed by atoms with Gasteiger partial charge >= 0.3 is 0 Å². The van der Waals surface area contributed by atoms with E-state index in [9.17, 15) is 0 Å². The molecule has 0 bridgehead atoms. The average molecular weight is 266 g/mol. The fourth-order valence-electron chi connectivity index (χ4n) is 3.27. The SMILES string of the molecule is CCC1(C)CCN(C(=NC)NCC2CCCN2C)C1. The van der Waals surface area contributed by atoms with Crippen LogP contribution in [0.5, 0.6) is 0 Å². The highest BCUT2D eigenvalue weighted by molar-refractivity contribution is 5.80. The summed E-state index contributed by atoms with van der Waals surface area (Å²) in [5.41, 5.74) is 0.474. The second kappa shape index (κ2) is 6.12. The standard InChI is InChI=1S/C15H30N4/c1-5-15(2)8-10-19(12-15)14(16-3)17-11-13-7-6-9-18(13)4/h13H,5-12H2,1-4H3,(H,16,17). The van der Waals surface area contributed by atoms with Crippen LogP contribution in [0.15, 0.2) is 4.99 Å². The van der Waals surface area contributed by atoms with Gasteiger partial charge in [0.1, 0.15) is 0 Å². The number of guanidine groups is 1. The Balaban J connectivity index is 1.84. The van der Waals surface area contributed by atoms with Gasteiger partial charge in [0.15, 0.2) is 5.96 Å². The summed E-state index contributed by atoms with van der Waals surface area (Å²) in [6.45, 7) is 9.25. The lowest BCUT2D eigenvalue weighted by atomic mass is 9.87. The number of rotatable bonds is 3. The molecule has 2 unspecified atom stereocenters. The van der Waals surface area contributed by atoms with E-state index in [0.29, 0.717) is 11.5 Å². The lowest BCUT2D eigenvalue weighted by Gasteiger charge is -2.27. The summed E-state index contributed by atoms with van der Waals surface area (Å²) < 4.78 is 0. The summed E-state index contributed by atoms with van der Waals surface area (Å²) in [5.74, 6) is 1.09. The molecule has 0 radical (unpaired) electrons. The van der Waals surface area contributed by atoms with E-state index in [1.807, 2.05) is 7.05 Å². The van der Waals surface area contributed by atoms with Gasteiger partial charge in [-0.2, -0.15) is 0 Å². The molecule has 0 saturated carbocycles. The number of likely N-dealkylation sites (N-methyl/N-ethyl adjacent to an activating group) is 1. The molecule has 0 aromatic carbocycles. The van der Waals surface area contributed by atoms with Gasteiger partial charge in [-0.15, -0.1) is 0 Å². The Bertz CT molecular complexity index is 328. The summed E-state index contributed by atoms with van der Waals surface area (Å²) in [6.07, 6.45) is 5.19. The van der Waals surface area contributed by atoms with Crippen molar-refractivity contribution in [1.29, 1.82) is 0 Å². The lowest BCUT2D eigenvalue weighted by molar-refractivity contribution is 0.301. The molecular weight excluding hydrogens is 236 g/mol. The zero-order chi connectivity index (χ0) is 13.9. The molecule has 2 fully saturated rings. The first kappa shape index (κ1) is 14.6. The smallest absolute Gasteiger partial charge is 0.193 e. The zero-order valence-electron chi connectivity index (χ0n) is 13.1. The lowest BCUT2D eigenvalue weighted by Crippen LogP contribution is -2.45. The van der Waals surface area contributed by atoms with Gasteiger partial charge in [0, 0.05) is 32.7 Å². The Morgan fingerprint density at radius 3 is 2.74 bits per heavy atom. The van der Waals surface area contributed by atoms with Crippen molar-refractivity contribution in [2.45, 2.75) is 45.6 Å². The number of likely N-dealkylation sites (tertiary alicyclic amines) is 2. The van der Waals surface area contributed by atoms with Crippen LogP contribution in [0.25, 0.3) is 0 Å². The van der Waals surface area contributed by atoms with Crippen molar-refractivity contribution in [2.75, 3.05) is 40.3 Å². The van der Waals surface area contributed by atoms with E-state index < -0.39 is 0 Å². The van der Waals surface area contributed by atoms with Crippen molar-refractivity contribution in [2.24, 2.45) is 10.4 Å². The Morgan fingerprint density at radius 1 is 1.42 bits per heavy atom.